The van der Waals surface area contributed by atoms with Crippen molar-refractivity contribution in [3.8, 4) is 5.75 Å². The fourth-order valence-corrected chi connectivity index (χ4v) is 4.45. The Hall–Kier alpha value is -3.39. The molecule has 160 valence electrons. The molecule has 0 unspecified atom stereocenters. The van der Waals surface area contributed by atoms with E-state index in [2.05, 4.69) is 27.1 Å². The van der Waals surface area contributed by atoms with Crippen molar-refractivity contribution >= 4 is 34.7 Å². The van der Waals surface area contributed by atoms with Crippen molar-refractivity contribution in [2.24, 2.45) is 0 Å². The fourth-order valence-electron chi connectivity index (χ4n) is 3.56. The first-order valence-electron chi connectivity index (χ1n) is 10.1. The number of carbonyl (C=O) groups excluding carboxylic acids is 2. The summed E-state index contributed by atoms with van der Waals surface area (Å²) in [6, 6.07) is 12.9. The summed E-state index contributed by atoms with van der Waals surface area (Å²) in [6.45, 7) is 1.66. The Labute approximate surface area is 185 Å². The molecule has 2 amide bonds. The van der Waals surface area contributed by atoms with Crippen LogP contribution >= 0.6 is 11.3 Å². The van der Waals surface area contributed by atoms with E-state index in [0.717, 1.165) is 13.0 Å². The van der Waals surface area contributed by atoms with Crippen LogP contribution in [0.1, 0.15) is 27.2 Å². The number of hydrogen-bond donors (Lipinski definition) is 2. The van der Waals surface area contributed by atoms with Gasteiger partial charge in [0.2, 0.25) is 5.91 Å². The molecule has 3 aromatic rings. The Morgan fingerprint density at radius 3 is 2.94 bits per heavy atom. The first-order chi connectivity index (χ1) is 15.2. The van der Waals surface area contributed by atoms with Crippen molar-refractivity contribution in [2.45, 2.75) is 19.4 Å². The standard InChI is InChI=1S/C23H24N4O3S/c1-30-19-7-3-2-6-18(19)26-22-17(5-4-11-24-22)23(29)25-12-8-21(28)27-13-9-20-16(15-27)10-14-31-20/h2-7,10-11,14H,8-9,12-13,15H2,1H3,(H,24,26)(H,25,29). The van der Waals surface area contributed by atoms with Crippen molar-refractivity contribution in [1.29, 1.82) is 0 Å². The summed E-state index contributed by atoms with van der Waals surface area (Å²) in [7, 11) is 1.59. The van der Waals surface area contributed by atoms with Crippen LogP contribution in [0, 0.1) is 0 Å². The third-order valence-corrected chi connectivity index (χ3v) is 6.22. The van der Waals surface area contributed by atoms with E-state index in [1.807, 2.05) is 29.2 Å². The number of carbonyl (C=O) groups is 2. The van der Waals surface area contributed by atoms with Crippen molar-refractivity contribution in [1.82, 2.24) is 15.2 Å². The van der Waals surface area contributed by atoms with Crippen LogP contribution in [0.2, 0.25) is 0 Å². The lowest BCUT2D eigenvalue weighted by Gasteiger charge is -2.27. The van der Waals surface area contributed by atoms with Crippen LogP contribution in [-0.4, -0.2) is 41.9 Å². The number of amides is 2. The molecule has 3 heterocycles. The molecule has 1 aliphatic rings. The zero-order valence-corrected chi connectivity index (χ0v) is 18.1. The molecule has 0 atom stereocenters. The molecule has 4 rings (SSSR count). The van der Waals surface area contributed by atoms with Gasteiger partial charge in [-0.05, 0) is 47.7 Å². The van der Waals surface area contributed by atoms with Gasteiger partial charge in [-0.3, -0.25) is 9.59 Å². The Kier molecular flexibility index (Phi) is 6.47. The molecule has 0 bridgehead atoms. The van der Waals surface area contributed by atoms with Crippen molar-refractivity contribution in [2.75, 3.05) is 25.5 Å². The second-order valence-electron chi connectivity index (χ2n) is 7.17. The number of fused-ring (bicyclic) bond motifs is 1. The first-order valence-corrected chi connectivity index (χ1v) is 11.0. The van der Waals surface area contributed by atoms with Crippen LogP contribution in [0.15, 0.2) is 54.0 Å². The van der Waals surface area contributed by atoms with Crippen LogP contribution in [0.5, 0.6) is 5.75 Å². The van der Waals surface area contributed by atoms with Gasteiger partial charge in [0, 0.05) is 37.1 Å². The van der Waals surface area contributed by atoms with Gasteiger partial charge in [-0.15, -0.1) is 11.3 Å². The molecular weight excluding hydrogens is 412 g/mol. The number of anilines is 2. The number of benzene rings is 1. The first kappa shape index (κ1) is 20.9. The highest BCUT2D eigenvalue weighted by Crippen LogP contribution is 2.27. The van der Waals surface area contributed by atoms with Crippen LogP contribution in [0.4, 0.5) is 11.5 Å². The Bertz CT molecular complexity index is 1080. The number of pyridine rings is 1. The number of aromatic nitrogens is 1. The van der Waals surface area contributed by atoms with Gasteiger partial charge < -0.3 is 20.3 Å². The average Bonchev–Trinajstić information content (AvgIpc) is 3.27. The van der Waals surface area contributed by atoms with E-state index in [-0.39, 0.29) is 24.8 Å². The summed E-state index contributed by atoms with van der Waals surface area (Å²) >= 11 is 1.75. The molecule has 8 heteroatoms. The molecule has 0 fully saturated rings. The molecule has 0 radical (unpaired) electrons. The number of nitrogens with zero attached hydrogens (tertiary/aromatic N) is 2. The molecule has 2 aromatic heterocycles. The lowest BCUT2D eigenvalue weighted by atomic mass is 10.1. The predicted molar refractivity (Wildman–Crippen MR) is 121 cm³/mol. The van der Waals surface area contributed by atoms with Gasteiger partial charge >= 0.3 is 0 Å². The van der Waals surface area contributed by atoms with Crippen LogP contribution < -0.4 is 15.4 Å². The molecule has 1 aromatic carbocycles. The Balaban J connectivity index is 1.34. The molecular formula is C23H24N4O3S. The predicted octanol–water partition coefficient (Wildman–Crippen LogP) is 3.60. The van der Waals surface area contributed by atoms with E-state index >= 15 is 0 Å². The molecule has 0 spiro atoms. The number of nitrogens with one attached hydrogen (secondary N) is 2. The Morgan fingerprint density at radius 2 is 2.06 bits per heavy atom. The number of ether oxygens (including phenoxy) is 1. The molecule has 1 aliphatic heterocycles. The number of hydrogen-bond acceptors (Lipinski definition) is 6. The quantitative estimate of drug-likeness (QED) is 0.591. The van der Waals surface area contributed by atoms with Gasteiger partial charge in [-0.2, -0.15) is 0 Å². The third kappa shape index (κ3) is 4.86. The molecule has 0 aliphatic carbocycles. The lowest BCUT2D eigenvalue weighted by Crippen LogP contribution is -2.37. The number of para-hydroxylation sites is 2. The molecule has 7 nitrogen and oxygen atoms in total. The number of thiophene rings is 1. The van der Waals surface area contributed by atoms with Crippen molar-refractivity contribution in [3.05, 3.63) is 70.0 Å². The normalized spacial score (nSPS) is 12.7. The monoisotopic (exact) mass is 436 g/mol. The topological polar surface area (TPSA) is 83.6 Å². The second kappa shape index (κ2) is 9.61. The van der Waals surface area contributed by atoms with Gasteiger partial charge in [-0.25, -0.2) is 4.98 Å². The van der Waals surface area contributed by atoms with Gasteiger partial charge in [-0.1, -0.05) is 12.1 Å². The van der Waals surface area contributed by atoms with E-state index in [9.17, 15) is 9.59 Å². The van der Waals surface area contributed by atoms with E-state index in [1.165, 1.54) is 10.4 Å². The maximum absolute atomic E-state index is 12.8. The summed E-state index contributed by atoms with van der Waals surface area (Å²) in [5.74, 6) is 0.852. The van der Waals surface area contributed by atoms with E-state index in [1.54, 1.807) is 36.8 Å². The van der Waals surface area contributed by atoms with E-state index in [4.69, 9.17) is 4.74 Å². The minimum absolute atomic E-state index is 0.0516. The minimum Gasteiger partial charge on any atom is -0.495 e. The van der Waals surface area contributed by atoms with E-state index in [0.29, 0.717) is 29.4 Å². The number of rotatable bonds is 7. The summed E-state index contributed by atoms with van der Waals surface area (Å²) < 4.78 is 5.35. The molecule has 0 saturated heterocycles. The second-order valence-corrected chi connectivity index (χ2v) is 8.17. The summed E-state index contributed by atoms with van der Waals surface area (Å²) in [5.41, 5.74) is 2.35. The maximum Gasteiger partial charge on any atom is 0.255 e. The highest BCUT2D eigenvalue weighted by atomic mass is 32.1. The van der Waals surface area contributed by atoms with Gasteiger partial charge in [0.1, 0.15) is 11.6 Å². The summed E-state index contributed by atoms with van der Waals surface area (Å²) in [6.07, 6.45) is 2.78. The van der Waals surface area contributed by atoms with Crippen LogP contribution in [-0.2, 0) is 17.8 Å². The maximum atomic E-state index is 12.8. The Morgan fingerprint density at radius 1 is 1.19 bits per heavy atom. The zero-order chi connectivity index (χ0) is 21.6. The zero-order valence-electron chi connectivity index (χ0n) is 17.3. The van der Waals surface area contributed by atoms with Gasteiger partial charge in [0.25, 0.3) is 5.91 Å². The highest BCUT2D eigenvalue weighted by molar-refractivity contribution is 7.10. The smallest absolute Gasteiger partial charge is 0.255 e. The van der Waals surface area contributed by atoms with Crippen LogP contribution in [0.25, 0.3) is 0 Å². The van der Waals surface area contributed by atoms with E-state index < -0.39 is 0 Å². The fraction of sp³-hybridized carbons (Fsp3) is 0.261. The lowest BCUT2D eigenvalue weighted by molar-refractivity contribution is -0.131. The molecule has 31 heavy (non-hydrogen) atoms. The van der Waals surface area contributed by atoms with Gasteiger partial charge in [0.05, 0.1) is 18.4 Å². The summed E-state index contributed by atoms with van der Waals surface area (Å²) in [4.78, 5) is 32.8. The van der Waals surface area contributed by atoms with Crippen molar-refractivity contribution in [3.63, 3.8) is 0 Å². The average molecular weight is 437 g/mol. The minimum atomic E-state index is -0.280. The third-order valence-electron chi connectivity index (χ3n) is 5.20. The molecule has 2 N–H and O–H groups in total. The summed E-state index contributed by atoms with van der Waals surface area (Å²) in [5, 5.41) is 8.07. The highest BCUT2D eigenvalue weighted by Gasteiger charge is 2.21. The largest absolute Gasteiger partial charge is 0.495 e. The van der Waals surface area contributed by atoms with Gasteiger partial charge in [0.15, 0.2) is 0 Å². The SMILES string of the molecule is COc1ccccc1Nc1ncccc1C(=O)NCCC(=O)N1CCc2sccc2C1. The van der Waals surface area contributed by atoms with Crippen LogP contribution in [0.3, 0.4) is 0 Å². The van der Waals surface area contributed by atoms with Crippen molar-refractivity contribution < 1.29 is 14.3 Å². The molecule has 0 saturated carbocycles. The number of methoxy groups -OCH3 is 1.